The van der Waals surface area contributed by atoms with Crippen LogP contribution in [0, 0.1) is 0 Å². The van der Waals surface area contributed by atoms with Crippen LogP contribution in [0.15, 0.2) is 29.0 Å². The predicted octanol–water partition coefficient (Wildman–Crippen LogP) is 1.34. The van der Waals surface area contributed by atoms with Gasteiger partial charge >= 0.3 is 0 Å². The van der Waals surface area contributed by atoms with Crippen LogP contribution in [0.25, 0.3) is 5.65 Å². The van der Waals surface area contributed by atoms with E-state index in [2.05, 4.69) is 20.9 Å². The lowest BCUT2D eigenvalue weighted by molar-refractivity contribution is 0.321. The fraction of sp³-hybridized carbons (Fsp3) is 0.300. The van der Waals surface area contributed by atoms with E-state index in [0.717, 1.165) is 15.8 Å². The van der Waals surface area contributed by atoms with E-state index in [4.69, 9.17) is 5.11 Å². The number of rotatable bonds is 4. The SMILES string of the molecule is O=S(CCO)Cc1cn2cc(Br)ccc2n1. The van der Waals surface area contributed by atoms with Gasteiger partial charge in [0.05, 0.1) is 18.1 Å². The Kier molecular flexibility index (Phi) is 3.73. The third-order valence-electron chi connectivity index (χ3n) is 2.09. The van der Waals surface area contributed by atoms with Crippen LogP contribution in [0.4, 0.5) is 0 Å². The molecule has 2 rings (SSSR count). The van der Waals surface area contributed by atoms with Crippen molar-refractivity contribution >= 4 is 32.4 Å². The first kappa shape index (κ1) is 11.8. The minimum atomic E-state index is -1.04. The van der Waals surface area contributed by atoms with Crippen molar-refractivity contribution in [3.8, 4) is 0 Å². The molecule has 0 fully saturated rings. The van der Waals surface area contributed by atoms with E-state index in [1.165, 1.54) is 0 Å². The maximum absolute atomic E-state index is 11.4. The average Bonchev–Trinajstić information content (AvgIpc) is 2.59. The van der Waals surface area contributed by atoms with Crippen LogP contribution >= 0.6 is 15.9 Å². The monoisotopic (exact) mass is 302 g/mol. The minimum Gasteiger partial charge on any atom is -0.395 e. The van der Waals surface area contributed by atoms with Crippen molar-refractivity contribution in [2.75, 3.05) is 12.4 Å². The molecule has 0 radical (unpaired) electrons. The van der Waals surface area contributed by atoms with E-state index in [0.29, 0.717) is 11.5 Å². The molecule has 6 heteroatoms. The standard InChI is InChI=1S/C10H11BrN2O2S/c11-8-1-2-10-12-9(6-13(10)5-8)7-16(15)4-3-14/h1-2,5-6,14H,3-4,7H2. The fourth-order valence-corrected chi connectivity index (χ4v) is 2.60. The number of hydrogen-bond donors (Lipinski definition) is 1. The first-order valence-electron chi connectivity index (χ1n) is 4.78. The maximum atomic E-state index is 11.4. The summed E-state index contributed by atoms with van der Waals surface area (Å²) in [5, 5.41) is 8.67. The van der Waals surface area contributed by atoms with E-state index in [-0.39, 0.29) is 6.61 Å². The smallest absolute Gasteiger partial charge is 0.137 e. The topological polar surface area (TPSA) is 54.6 Å². The molecule has 0 amide bonds. The molecule has 1 unspecified atom stereocenters. The van der Waals surface area contributed by atoms with Gasteiger partial charge in [-0.05, 0) is 28.1 Å². The van der Waals surface area contributed by atoms with Gasteiger partial charge in [-0.15, -0.1) is 0 Å². The second kappa shape index (κ2) is 5.07. The highest BCUT2D eigenvalue weighted by molar-refractivity contribution is 9.10. The van der Waals surface area contributed by atoms with E-state index >= 15 is 0 Å². The van der Waals surface area contributed by atoms with Crippen LogP contribution in [0.2, 0.25) is 0 Å². The zero-order valence-corrected chi connectivity index (χ0v) is 10.9. The summed E-state index contributed by atoms with van der Waals surface area (Å²) < 4.78 is 14.3. The molecule has 4 nitrogen and oxygen atoms in total. The molecule has 0 aliphatic heterocycles. The Hall–Kier alpha value is -0.720. The Labute approximate surface area is 104 Å². The van der Waals surface area contributed by atoms with Gasteiger partial charge in [-0.3, -0.25) is 4.21 Å². The number of imidazole rings is 1. The van der Waals surface area contributed by atoms with Gasteiger partial charge in [0, 0.05) is 33.4 Å². The van der Waals surface area contributed by atoms with Crippen molar-refractivity contribution < 1.29 is 9.32 Å². The second-order valence-electron chi connectivity index (χ2n) is 3.36. The van der Waals surface area contributed by atoms with E-state index in [9.17, 15) is 4.21 Å². The number of aliphatic hydroxyl groups excluding tert-OH is 1. The molecule has 1 atom stereocenters. The molecule has 0 saturated carbocycles. The summed E-state index contributed by atoms with van der Waals surface area (Å²) in [6.07, 6.45) is 3.76. The Morgan fingerprint density at radius 3 is 3.00 bits per heavy atom. The molecule has 0 saturated heterocycles. The minimum absolute atomic E-state index is 0.0501. The van der Waals surface area contributed by atoms with Crippen LogP contribution in [0.3, 0.4) is 0 Å². The van der Waals surface area contributed by atoms with Crippen LogP contribution in [-0.2, 0) is 16.6 Å². The molecule has 0 bridgehead atoms. The lowest BCUT2D eigenvalue weighted by atomic mass is 10.5. The highest BCUT2D eigenvalue weighted by Crippen LogP contribution is 2.13. The van der Waals surface area contributed by atoms with Gasteiger partial charge in [0.2, 0.25) is 0 Å². The van der Waals surface area contributed by atoms with Crippen LogP contribution < -0.4 is 0 Å². The Morgan fingerprint density at radius 2 is 2.25 bits per heavy atom. The van der Waals surface area contributed by atoms with Crippen molar-refractivity contribution in [1.82, 2.24) is 9.38 Å². The van der Waals surface area contributed by atoms with Gasteiger partial charge in [-0.1, -0.05) is 0 Å². The molecule has 0 aromatic carbocycles. The lowest BCUT2D eigenvalue weighted by Crippen LogP contribution is -2.04. The molecular weight excluding hydrogens is 292 g/mol. The molecule has 86 valence electrons. The number of fused-ring (bicyclic) bond motifs is 1. The molecular formula is C10H11BrN2O2S. The number of halogens is 1. The van der Waals surface area contributed by atoms with Gasteiger partial charge in [-0.25, -0.2) is 4.98 Å². The summed E-state index contributed by atoms with van der Waals surface area (Å²) in [7, 11) is -1.04. The Morgan fingerprint density at radius 1 is 1.44 bits per heavy atom. The summed E-state index contributed by atoms with van der Waals surface area (Å²) in [5.74, 6) is 0.692. The fourth-order valence-electron chi connectivity index (χ4n) is 1.43. The van der Waals surface area contributed by atoms with Crippen LogP contribution in [0.1, 0.15) is 5.69 Å². The van der Waals surface area contributed by atoms with Gasteiger partial charge in [0.1, 0.15) is 5.65 Å². The van der Waals surface area contributed by atoms with Crippen molar-refractivity contribution in [3.63, 3.8) is 0 Å². The number of nitrogens with zero attached hydrogens (tertiary/aromatic N) is 2. The number of pyridine rings is 1. The van der Waals surface area contributed by atoms with Gasteiger partial charge in [0.15, 0.2) is 0 Å². The molecule has 16 heavy (non-hydrogen) atoms. The van der Waals surface area contributed by atoms with Gasteiger partial charge in [0.25, 0.3) is 0 Å². The number of aliphatic hydroxyl groups is 1. The normalized spacial score (nSPS) is 13.1. The maximum Gasteiger partial charge on any atom is 0.137 e. The summed E-state index contributed by atoms with van der Waals surface area (Å²) in [5.41, 5.74) is 1.61. The third kappa shape index (κ3) is 2.69. The molecule has 2 aromatic rings. The highest BCUT2D eigenvalue weighted by Gasteiger charge is 2.06. The van der Waals surface area contributed by atoms with E-state index < -0.39 is 10.8 Å². The van der Waals surface area contributed by atoms with Crippen molar-refractivity contribution in [3.05, 3.63) is 34.7 Å². The Bertz CT molecular complexity index is 527. The first-order valence-corrected chi connectivity index (χ1v) is 7.06. The van der Waals surface area contributed by atoms with Crippen molar-refractivity contribution in [2.24, 2.45) is 0 Å². The molecule has 2 heterocycles. The summed E-state index contributed by atoms with van der Waals surface area (Å²) in [6.45, 7) is -0.0501. The molecule has 0 spiro atoms. The van der Waals surface area contributed by atoms with Gasteiger partial charge < -0.3 is 9.51 Å². The van der Waals surface area contributed by atoms with Crippen molar-refractivity contribution in [1.29, 1.82) is 0 Å². The highest BCUT2D eigenvalue weighted by atomic mass is 79.9. The summed E-state index contributed by atoms with van der Waals surface area (Å²) in [6, 6.07) is 3.80. The van der Waals surface area contributed by atoms with Crippen molar-refractivity contribution in [2.45, 2.75) is 5.75 Å². The Balaban J connectivity index is 2.23. The second-order valence-corrected chi connectivity index (χ2v) is 5.85. The third-order valence-corrected chi connectivity index (χ3v) is 3.82. The average molecular weight is 303 g/mol. The summed E-state index contributed by atoms with van der Waals surface area (Å²) in [4.78, 5) is 4.34. The van der Waals surface area contributed by atoms with Crippen LogP contribution in [0.5, 0.6) is 0 Å². The van der Waals surface area contributed by atoms with Crippen LogP contribution in [-0.4, -0.2) is 31.1 Å². The van der Waals surface area contributed by atoms with Gasteiger partial charge in [-0.2, -0.15) is 0 Å². The van der Waals surface area contributed by atoms with E-state index in [1.54, 1.807) is 0 Å². The number of aromatic nitrogens is 2. The zero-order valence-electron chi connectivity index (χ0n) is 8.47. The largest absolute Gasteiger partial charge is 0.395 e. The predicted molar refractivity (Wildman–Crippen MR) is 66.7 cm³/mol. The first-order chi connectivity index (χ1) is 7.69. The number of hydrogen-bond acceptors (Lipinski definition) is 3. The molecule has 2 aromatic heterocycles. The lowest BCUT2D eigenvalue weighted by Gasteiger charge is -1.94. The summed E-state index contributed by atoms with van der Waals surface area (Å²) >= 11 is 3.38. The molecule has 1 N–H and O–H groups in total. The quantitative estimate of drug-likeness (QED) is 0.927. The zero-order chi connectivity index (χ0) is 11.5. The molecule has 0 aliphatic carbocycles. The van der Waals surface area contributed by atoms with E-state index in [1.807, 2.05) is 28.9 Å². The molecule has 0 aliphatic rings.